The van der Waals surface area contributed by atoms with E-state index >= 15 is 0 Å². The summed E-state index contributed by atoms with van der Waals surface area (Å²) in [6, 6.07) is 7.16. The summed E-state index contributed by atoms with van der Waals surface area (Å²) in [5, 5.41) is 2.76. The number of nitrogens with one attached hydrogen (secondary N) is 1. The van der Waals surface area contributed by atoms with Crippen molar-refractivity contribution in [2.24, 2.45) is 0 Å². The van der Waals surface area contributed by atoms with E-state index in [1.165, 1.54) is 24.4 Å². The SMILES string of the molecule is CC(C)Oc1cc(Oc2ccc(P(=O)(O)O)cn2)cc(C(=O)Nc2ncc(Cl)s2)c1. The average molecular weight is 470 g/mol. The van der Waals surface area contributed by atoms with Crippen molar-refractivity contribution in [3.63, 3.8) is 0 Å². The first-order chi connectivity index (χ1) is 14.1. The van der Waals surface area contributed by atoms with E-state index in [1.807, 2.05) is 13.8 Å². The normalized spacial score (nSPS) is 11.4. The third-order valence-corrected chi connectivity index (χ3v) is 5.46. The standard InChI is InChI=1S/C18H17ClN3O6PS/c1-10(2)27-12-5-11(17(23)22-18-21-9-15(19)30-18)6-13(7-12)28-16-4-3-14(8-20-16)29(24,25)26/h3-10H,1-2H3,(H,21,22,23)(H2,24,25,26). The fourth-order valence-corrected chi connectivity index (χ4v) is 3.59. The smallest absolute Gasteiger partial charge is 0.357 e. The fourth-order valence-electron chi connectivity index (χ4n) is 2.31. The molecule has 2 heterocycles. The van der Waals surface area contributed by atoms with Gasteiger partial charge in [0, 0.05) is 23.9 Å². The van der Waals surface area contributed by atoms with Crippen LogP contribution in [0.1, 0.15) is 24.2 Å². The number of carbonyl (C=O) groups excluding carboxylic acids is 1. The summed E-state index contributed by atoms with van der Waals surface area (Å²) in [6.07, 6.45) is 2.32. The lowest BCUT2D eigenvalue weighted by molar-refractivity contribution is 0.102. The highest BCUT2D eigenvalue weighted by molar-refractivity contribution is 7.60. The van der Waals surface area contributed by atoms with Gasteiger partial charge < -0.3 is 19.3 Å². The number of thiazole rings is 1. The lowest BCUT2D eigenvalue weighted by atomic mass is 10.2. The third-order valence-electron chi connectivity index (χ3n) is 3.49. The highest BCUT2D eigenvalue weighted by Gasteiger charge is 2.18. The second kappa shape index (κ2) is 9.11. The van der Waals surface area contributed by atoms with Crippen LogP contribution < -0.4 is 20.1 Å². The molecule has 9 nitrogen and oxygen atoms in total. The number of benzene rings is 1. The molecule has 0 saturated carbocycles. The number of halogens is 1. The number of amides is 1. The van der Waals surface area contributed by atoms with Crippen LogP contribution in [0.2, 0.25) is 4.34 Å². The van der Waals surface area contributed by atoms with Crippen LogP contribution >= 0.6 is 30.5 Å². The number of nitrogens with zero attached hydrogens (tertiary/aromatic N) is 2. The van der Waals surface area contributed by atoms with Crippen molar-refractivity contribution in [2.45, 2.75) is 20.0 Å². The first kappa shape index (κ1) is 22.2. The Morgan fingerprint density at radius 3 is 2.47 bits per heavy atom. The van der Waals surface area contributed by atoms with E-state index in [0.29, 0.717) is 15.2 Å². The Morgan fingerprint density at radius 1 is 1.17 bits per heavy atom. The summed E-state index contributed by atoms with van der Waals surface area (Å²) < 4.78 is 23.0. The third kappa shape index (κ3) is 6.01. The number of pyridine rings is 1. The summed E-state index contributed by atoms with van der Waals surface area (Å²) in [7, 11) is -4.40. The van der Waals surface area contributed by atoms with Crippen LogP contribution in [0.25, 0.3) is 0 Å². The minimum atomic E-state index is -4.40. The van der Waals surface area contributed by atoms with Gasteiger partial charge in [-0.1, -0.05) is 22.9 Å². The molecule has 3 N–H and O–H groups in total. The van der Waals surface area contributed by atoms with Crippen LogP contribution in [-0.2, 0) is 4.57 Å². The molecule has 1 aromatic carbocycles. The summed E-state index contributed by atoms with van der Waals surface area (Å²) in [5.41, 5.74) is 0.251. The predicted molar refractivity (Wildman–Crippen MR) is 113 cm³/mol. The maximum absolute atomic E-state index is 12.6. The molecule has 0 unspecified atom stereocenters. The van der Waals surface area contributed by atoms with E-state index in [9.17, 15) is 9.36 Å². The zero-order valence-corrected chi connectivity index (χ0v) is 18.2. The van der Waals surface area contributed by atoms with E-state index in [1.54, 1.807) is 12.1 Å². The minimum Gasteiger partial charge on any atom is -0.491 e. The van der Waals surface area contributed by atoms with Crippen molar-refractivity contribution >= 4 is 46.9 Å². The highest BCUT2D eigenvalue weighted by Crippen LogP contribution is 2.34. The fraction of sp³-hybridized carbons (Fsp3) is 0.167. The van der Waals surface area contributed by atoms with Crippen LogP contribution in [0.5, 0.6) is 17.4 Å². The number of ether oxygens (including phenoxy) is 2. The van der Waals surface area contributed by atoms with Gasteiger partial charge in [-0.15, -0.1) is 0 Å². The molecule has 30 heavy (non-hydrogen) atoms. The van der Waals surface area contributed by atoms with Crippen LogP contribution in [0.3, 0.4) is 0 Å². The number of aromatic nitrogens is 2. The largest absolute Gasteiger partial charge is 0.491 e. The molecule has 3 aromatic rings. The molecule has 0 aliphatic heterocycles. The second-order valence-corrected chi connectivity index (χ2v) is 9.55. The van der Waals surface area contributed by atoms with Gasteiger partial charge in [0.05, 0.1) is 17.6 Å². The van der Waals surface area contributed by atoms with Gasteiger partial charge in [0.15, 0.2) is 5.13 Å². The average Bonchev–Trinajstić information content (AvgIpc) is 3.05. The molecule has 0 fully saturated rings. The molecule has 158 valence electrons. The van der Waals surface area contributed by atoms with Gasteiger partial charge in [0.1, 0.15) is 15.8 Å². The summed E-state index contributed by atoms with van der Waals surface area (Å²) in [5.74, 6) is 0.306. The molecule has 0 spiro atoms. The van der Waals surface area contributed by atoms with E-state index in [2.05, 4.69) is 15.3 Å². The molecular formula is C18H17ClN3O6PS. The molecular weight excluding hydrogens is 453 g/mol. The Labute approximate surface area is 180 Å². The molecule has 0 aliphatic carbocycles. The van der Waals surface area contributed by atoms with E-state index in [-0.39, 0.29) is 28.6 Å². The Bertz CT molecular complexity index is 1100. The number of hydrogen-bond acceptors (Lipinski definition) is 7. The van der Waals surface area contributed by atoms with Gasteiger partial charge in [-0.3, -0.25) is 14.7 Å². The zero-order valence-electron chi connectivity index (χ0n) is 15.8. The van der Waals surface area contributed by atoms with Crippen LogP contribution in [-0.4, -0.2) is 31.8 Å². The molecule has 0 saturated heterocycles. The van der Waals surface area contributed by atoms with Crippen LogP contribution in [0.4, 0.5) is 5.13 Å². The summed E-state index contributed by atoms with van der Waals surface area (Å²) in [6.45, 7) is 3.68. The van der Waals surface area contributed by atoms with Gasteiger partial charge in [0.2, 0.25) is 5.88 Å². The molecule has 3 rings (SSSR count). The summed E-state index contributed by atoms with van der Waals surface area (Å²) >= 11 is 6.96. The number of hydrogen-bond donors (Lipinski definition) is 3. The molecule has 0 radical (unpaired) electrons. The number of anilines is 1. The maximum Gasteiger partial charge on any atom is 0.357 e. The van der Waals surface area contributed by atoms with Crippen molar-refractivity contribution in [2.75, 3.05) is 5.32 Å². The molecule has 0 aliphatic rings. The molecule has 0 atom stereocenters. The Hall–Kier alpha value is -2.49. The lowest BCUT2D eigenvalue weighted by Crippen LogP contribution is -2.13. The summed E-state index contributed by atoms with van der Waals surface area (Å²) in [4.78, 5) is 38.8. The Balaban J connectivity index is 1.86. The molecule has 12 heteroatoms. The maximum atomic E-state index is 12.6. The monoisotopic (exact) mass is 469 g/mol. The lowest BCUT2D eigenvalue weighted by Gasteiger charge is -2.14. The molecule has 2 aromatic heterocycles. The van der Waals surface area contributed by atoms with E-state index in [0.717, 1.165) is 17.5 Å². The van der Waals surface area contributed by atoms with Gasteiger partial charge in [-0.05, 0) is 32.0 Å². The Morgan fingerprint density at radius 2 is 1.90 bits per heavy atom. The predicted octanol–water partition coefficient (Wildman–Crippen LogP) is 3.83. The quantitative estimate of drug-likeness (QED) is 0.445. The van der Waals surface area contributed by atoms with Crippen molar-refractivity contribution in [1.82, 2.24) is 9.97 Å². The topological polar surface area (TPSA) is 131 Å². The minimum absolute atomic E-state index is 0.0898. The highest BCUT2D eigenvalue weighted by atomic mass is 35.5. The van der Waals surface area contributed by atoms with E-state index < -0.39 is 13.5 Å². The van der Waals surface area contributed by atoms with Crippen molar-refractivity contribution in [1.29, 1.82) is 0 Å². The first-order valence-electron chi connectivity index (χ1n) is 8.54. The first-order valence-corrected chi connectivity index (χ1v) is 11.4. The van der Waals surface area contributed by atoms with Crippen LogP contribution in [0, 0.1) is 0 Å². The van der Waals surface area contributed by atoms with Gasteiger partial charge in [-0.2, -0.15) is 0 Å². The van der Waals surface area contributed by atoms with Gasteiger partial charge in [-0.25, -0.2) is 9.97 Å². The van der Waals surface area contributed by atoms with Crippen molar-refractivity contribution in [3.05, 3.63) is 52.6 Å². The molecule has 0 bridgehead atoms. The zero-order chi connectivity index (χ0) is 21.9. The van der Waals surface area contributed by atoms with Gasteiger partial charge >= 0.3 is 7.60 Å². The van der Waals surface area contributed by atoms with Crippen molar-refractivity contribution < 1.29 is 28.6 Å². The van der Waals surface area contributed by atoms with E-state index in [4.69, 9.17) is 30.9 Å². The molecule has 1 amide bonds. The number of carbonyl (C=O) groups is 1. The Kier molecular flexibility index (Phi) is 6.74. The second-order valence-electron chi connectivity index (χ2n) is 6.28. The number of rotatable bonds is 7. The van der Waals surface area contributed by atoms with Gasteiger partial charge in [0.25, 0.3) is 5.91 Å². The van der Waals surface area contributed by atoms with Crippen LogP contribution in [0.15, 0.2) is 42.7 Å². The van der Waals surface area contributed by atoms with Crippen molar-refractivity contribution in [3.8, 4) is 17.4 Å².